The number of nitro groups is 2. The van der Waals surface area contributed by atoms with Crippen LogP contribution in [0.3, 0.4) is 0 Å². The highest BCUT2D eigenvalue weighted by molar-refractivity contribution is 6.10. The van der Waals surface area contributed by atoms with Crippen molar-refractivity contribution in [2.75, 3.05) is 5.32 Å². The molecule has 0 spiro atoms. The van der Waals surface area contributed by atoms with Gasteiger partial charge in [0.05, 0.1) is 15.5 Å². The Morgan fingerprint density at radius 3 is 2.34 bits per heavy atom. The van der Waals surface area contributed by atoms with E-state index in [1.54, 1.807) is 31.2 Å². The minimum absolute atomic E-state index is 0.0374. The molecule has 0 atom stereocenters. The Hall–Kier alpha value is -5.55. The topological polar surface area (TPSA) is 172 Å². The van der Waals surface area contributed by atoms with E-state index in [1.165, 1.54) is 42.5 Å². The molecule has 1 amide bonds. The number of anilines is 1. The monoisotopic (exact) mass is 469 g/mol. The first-order chi connectivity index (χ1) is 16.7. The number of nitriles is 2. The van der Waals surface area contributed by atoms with Gasteiger partial charge in [0.15, 0.2) is 0 Å². The summed E-state index contributed by atoms with van der Waals surface area (Å²) in [4.78, 5) is 33.3. The molecule has 0 unspecified atom stereocenters. The zero-order valence-corrected chi connectivity index (χ0v) is 18.1. The molecule has 0 aromatic heterocycles. The zero-order chi connectivity index (χ0) is 25.5. The molecule has 0 radical (unpaired) electrons. The summed E-state index contributed by atoms with van der Waals surface area (Å²) in [6.45, 7) is 1.66. The standard InChI is InChI=1S/C24H15N5O6/c1-15-5-6-20(29(33)34)12-22(15)27-24(30)18(14-26)9-16-3-2-4-21(10-16)35-23-8-7-19(28(31)32)11-17(23)13-25/h2-12H,1H3,(H,27,30)/b18-9+. The van der Waals surface area contributed by atoms with E-state index in [0.717, 1.165) is 6.07 Å². The fourth-order valence-corrected chi connectivity index (χ4v) is 2.97. The molecule has 0 aliphatic carbocycles. The highest BCUT2D eigenvalue weighted by Gasteiger charge is 2.15. The van der Waals surface area contributed by atoms with Gasteiger partial charge in [0, 0.05) is 24.3 Å². The molecule has 0 saturated heterocycles. The smallest absolute Gasteiger partial charge is 0.271 e. The maximum atomic E-state index is 12.6. The van der Waals surface area contributed by atoms with Crippen molar-refractivity contribution < 1.29 is 19.4 Å². The van der Waals surface area contributed by atoms with Crippen molar-refractivity contribution in [1.29, 1.82) is 10.5 Å². The predicted octanol–water partition coefficient (Wildman–Crippen LogP) is 5.02. The number of hydrogen-bond donors (Lipinski definition) is 1. The van der Waals surface area contributed by atoms with Crippen LogP contribution in [-0.4, -0.2) is 15.8 Å². The molecule has 11 nitrogen and oxygen atoms in total. The number of carbonyl (C=O) groups is 1. The lowest BCUT2D eigenvalue weighted by Crippen LogP contribution is -2.14. The Morgan fingerprint density at radius 2 is 1.69 bits per heavy atom. The van der Waals surface area contributed by atoms with Gasteiger partial charge in [-0.05, 0) is 42.3 Å². The van der Waals surface area contributed by atoms with Crippen molar-refractivity contribution in [2.45, 2.75) is 6.92 Å². The molecule has 0 bridgehead atoms. The highest BCUT2D eigenvalue weighted by Crippen LogP contribution is 2.29. The second-order valence-corrected chi connectivity index (χ2v) is 7.10. The maximum absolute atomic E-state index is 12.6. The number of rotatable bonds is 7. The summed E-state index contributed by atoms with van der Waals surface area (Å²) in [5.41, 5.74) is 0.434. The van der Waals surface area contributed by atoms with Gasteiger partial charge < -0.3 is 10.1 Å². The normalized spacial score (nSPS) is 10.5. The second-order valence-electron chi connectivity index (χ2n) is 7.10. The molecule has 3 aromatic rings. The molecule has 3 rings (SSSR count). The van der Waals surface area contributed by atoms with Crippen LogP contribution in [0.15, 0.2) is 66.2 Å². The van der Waals surface area contributed by atoms with E-state index in [2.05, 4.69) is 5.32 Å². The van der Waals surface area contributed by atoms with E-state index in [9.17, 15) is 35.5 Å². The third kappa shape index (κ3) is 5.83. The molecule has 0 fully saturated rings. The number of benzene rings is 3. The van der Waals surface area contributed by atoms with Crippen LogP contribution < -0.4 is 10.1 Å². The van der Waals surface area contributed by atoms with Crippen LogP contribution >= 0.6 is 0 Å². The van der Waals surface area contributed by atoms with Crippen LogP contribution in [0.2, 0.25) is 0 Å². The minimum atomic E-state index is -0.760. The van der Waals surface area contributed by atoms with Gasteiger partial charge in [0.2, 0.25) is 0 Å². The quantitative estimate of drug-likeness (QED) is 0.217. The lowest BCUT2D eigenvalue weighted by atomic mass is 10.1. The number of non-ortho nitro benzene ring substituents is 2. The molecule has 0 aliphatic rings. The third-order valence-electron chi connectivity index (χ3n) is 4.74. The average molecular weight is 469 g/mol. The summed E-state index contributed by atoms with van der Waals surface area (Å²) in [5.74, 6) is -0.403. The van der Waals surface area contributed by atoms with E-state index in [-0.39, 0.29) is 39.7 Å². The molecule has 172 valence electrons. The highest BCUT2D eigenvalue weighted by atomic mass is 16.6. The number of nitro benzene ring substituents is 2. The average Bonchev–Trinajstić information content (AvgIpc) is 2.84. The van der Waals surface area contributed by atoms with Gasteiger partial charge in [0.1, 0.15) is 34.8 Å². The fraction of sp³-hybridized carbons (Fsp3) is 0.0417. The van der Waals surface area contributed by atoms with E-state index >= 15 is 0 Å². The third-order valence-corrected chi connectivity index (χ3v) is 4.74. The number of ether oxygens (including phenoxy) is 1. The van der Waals surface area contributed by atoms with Crippen molar-refractivity contribution in [3.63, 3.8) is 0 Å². The fourth-order valence-electron chi connectivity index (χ4n) is 2.97. The molecule has 0 heterocycles. The van der Waals surface area contributed by atoms with Gasteiger partial charge in [0.25, 0.3) is 17.3 Å². The summed E-state index contributed by atoms with van der Waals surface area (Å²) < 4.78 is 5.68. The van der Waals surface area contributed by atoms with E-state index in [4.69, 9.17) is 4.74 Å². The number of hydrogen-bond acceptors (Lipinski definition) is 8. The number of amides is 1. The Bertz CT molecular complexity index is 1470. The van der Waals surface area contributed by atoms with Crippen molar-refractivity contribution in [1.82, 2.24) is 0 Å². The summed E-state index contributed by atoms with van der Waals surface area (Å²) in [7, 11) is 0. The van der Waals surface area contributed by atoms with Gasteiger partial charge >= 0.3 is 0 Å². The number of nitrogens with zero attached hydrogens (tertiary/aromatic N) is 4. The van der Waals surface area contributed by atoms with Gasteiger partial charge in [-0.25, -0.2) is 0 Å². The van der Waals surface area contributed by atoms with Crippen LogP contribution in [0, 0.1) is 49.8 Å². The van der Waals surface area contributed by atoms with E-state index in [0.29, 0.717) is 11.1 Å². The Balaban J connectivity index is 1.85. The van der Waals surface area contributed by atoms with Crippen LogP contribution in [0.4, 0.5) is 17.1 Å². The number of aryl methyl sites for hydroxylation is 1. The van der Waals surface area contributed by atoms with Crippen molar-refractivity contribution in [3.8, 4) is 23.6 Å². The van der Waals surface area contributed by atoms with Gasteiger partial charge in [-0.3, -0.25) is 25.0 Å². The first kappa shape index (κ1) is 24.1. The van der Waals surface area contributed by atoms with E-state index < -0.39 is 15.8 Å². The van der Waals surface area contributed by atoms with Gasteiger partial charge in [-0.1, -0.05) is 18.2 Å². The van der Waals surface area contributed by atoms with Crippen LogP contribution in [0.5, 0.6) is 11.5 Å². The first-order valence-corrected chi connectivity index (χ1v) is 9.86. The van der Waals surface area contributed by atoms with Crippen LogP contribution in [0.1, 0.15) is 16.7 Å². The summed E-state index contributed by atoms with van der Waals surface area (Å²) in [6.07, 6.45) is 1.30. The van der Waals surface area contributed by atoms with Gasteiger partial charge in [-0.2, -0.15) is 10.5 Å². The zero-order valence-electron chi connectivity index (χ0n) is 18.1. The molecular weight excluding hydrogens is 454 g/mol. The summed E-state index contributed by atoms with van der Waals surface area (Å²) in [6, 6.07) is 17.5. The largest absolute Gasteiger partial charge is 0.456 e. The Morgan fingerprint density at radius 1 is 1.00 bits per heavy atom. The molecular formula is C24H15N5O6. The molecule has 0 saturated carbocycles. The SMILES string of the molecule is Cc1ccc([N+](=O)[O-])cc1NC(=O)/C(C#N)=C/c1cccc(Oc2ccc([N+](=O)[O-])cc2C#N)c1. The minimum Gasteiger partial charge on any atom is -0.456 e. The van der Waals surface area contributed by atoms with Crippen LogP contribution in [-0.2, 0) is 4.79 Å². The number of carbonyl (C=O) groups excluding carboxylic acids is 1. The molecule has 1 N–H and O–H groups in total. The molecule has 3 aromatic carbocycles. The molecule has 35 heavy (non-hydrogen) atoms. The predicted molar refractivity (Wildman–Crippen MR) is 124 cm³/mol. The van der Waals surface area contributed by atoms with Crippen molar-refractivity contribution in [2.24, 2.45) is 0 Å². The molecule has 11 heteroatoms. The lowest BCUT2D eigenvalue weighted by Gasteiger charge is -2.09. The Kier molecular flexibility index (Phi) is 7.15. The molecule has 0 aliphatic heterocycles. The number of nitrogens with one attached hydrogen (secondary N) is 1. The lowest BCUT2D eigenvalue weighted by molar-refractivity contribution is -0.385. The first-order valence-electron chi connectivity index (χ1n) is 9.86. The van der Waals surface area contributed by atoms with Crippen molar-refractivity contribution in [3.05, 3.63) is 103 Å². The summed E-state index contributed by atoms with van der Waals surface area (Å²) >= 11 is 0. The van der Waals surface area contributed by atoms with Crippen molar-refractivity contribution >= 4 is 29.0 Å². The summed E-state index contributed by atoms with van der Waals surface area (Å²) in [5, 5.41) is 43.2. The Labute approximate surface area is 198 Å². The second kappa shape index (κ2) is 10.4. The van der Waals surface area contributed by atoms with Crippen LogP contribution in [0.25, 0.3) is 6.08 Å². The van der Waals surface area contributed by atoms with Gasteiger partial charge in [-0.15, -0.1) is 0 Å². The maximum Gasteiger partial charge on any atom is 0.271 e. The van der Waals surface area contributed by atoms with E-state index in [1.807, 2.05) is 6.07 Å².